The van der Waals surface area contributed by atoms with Crippen molar-refractivity contribution < 1.29 is 22.6 Å². The van der Waals surface area contributed by atoms with Crippen LogP contribution >= 0.6 is 0 Å². The smallest absolute Gasteiger partial charge is 0.381 e. The molecule has 0 atom stereocenters. The van der Waals surface area contributed by atoms with Crippen LogP contribution in [0.4, 0.5) is 13.2 Å². The van der Waals surface area contributed by atoms with Gasteiger partial charge in [0, 0.05) is 47.0 Å². The van der Waals surface area contributed by atoms with Crippen molar-refractivity contribution in [3.8, 4) is 0 Å². The Morgan fingerprint density at radius 2 is 2.04 bits per heavy atom. The van der Waals surface area contributed by atoms with Crippen molar-refractivity contribution in [1.82, 2.24) is 10.2 Å². The van der Waals surface area contributed by atoms with Gasteiger partial charge in [0.1, 0.15) is 6.61 Å². The number of halogens is 3. The molecule has 1 heterocycles. The molecule has 1 N–H and O–H groups in total. The largest absolute Gasteiger partial charge is 0.411 e. The second kappa shape index (κ2) is 10.7. The highest BCUT2D eigenvalue weighted by molar-refractivity contribution is 5.79. The van der Waals surface area contributed by atoms with E-state index in [4.69, 9.17) is 4.74 Å². The molecule has 0 aromatic carbocycles. The van der Waals surface area contributed by atoms with E-state index in [1.54, 1.807) is 7.05 Å². The van der Waals surface area contributed by atoms with Gasteiger partial charge in [0.25, 0.3) is 0 Å². The lowest BCUT2D eigenvalue weighted by Crippen LogP contribution is -2.40. The summed E-state index contributed by atoms with van der Waals surface area (Å²) in [5.74, 6) is 1.45. The maximum Gasteiger partial charge on any atom is 0.411 e. The SMILES string of the molecule is CN=C(NCCCOCC(F)(F)F)N(C)CCC1CCOCC1. The molecule has 1 rings (SSSR count). The summed E-state index contributed by atoms with van der Waals surface area (Å²) in [4.78, 5) is 6.24. The molecule has 23 heavy (non-hydrogen) atoms. The topological polar surface area (TPSA) is 46.1 Å². The van der Waals surface area contributed by atoms with Gasteiger partial charge < -0.3 is 19.7 Å². The van der Waals surface area contributed by atoms with Crippen LogP contribution in [0.3, 0.4) is 0 Å². The maximum absolute atomic E-state index is 11.9. The Kier molecular flexibility index (Phi) is 9.31. The number of alkyl halides is 3. The average Bonchev–Trinajstić information content (AvgIpc) is 2.52. The molecular weight excluding hydrogens is 311 g/mol. The van der Waals surface area contributed by atoms with Gasteiger partial charge >= 0.3 is 6.18 Å². The number of rotatable bonds is 8. The van der Waals surface area contributed by atoms with Crippen LogP contribution in [0.1, 0.15) is 25.7 Å². The molecule has 0 spiro atoms. The number of guanidine groups is 1. The first kappa shape index (κ1) is 20.0. The van der Waals surface area contributed by atoms with Gasteiger partial charge in [-0.25, -0.2) is 0 Å². The third-order valence-electron chi connectivity index (χ3n) is 3.80. The summed E-state index contributed by atoms with van der Waals surface area (Å²) in [6.07, 6.45) is -0.446. The maximum atomic E-state index is 11.9. The molecule has 5 nitrogen and oxygen atoms in total. The van der Waals surface area contributed by atoms with Crippen LogP contribution in [-0.2, 0) is 9.47 Å². The molecule has 0 aromatic heterocycles. The second-order valence-electron chi connectivity index (χ2n) is 5.76. The lowest BCUT2D eigenvalue weighted by Gasteiger charge is -2.26. The van der Waals surface area contributed by atoms with Gasteiger partial charge in [-0.3, -0.25) is 4.99 Å². The molecule has 0 radical (unpaired) electrons. The van der Waals surface area contributed by atoms with Gasteiger partial charge in [-0.05, 0) is 31.6 Å². The number of nitrogens with zero attached hydrogens (tertiary/aromatic N) is 2. The molecule has 0 aliphatic carbocycles. The number of hydrogen-bond donors (Lipinski definition) is 1. The van der Waals surface area contributed by atoms with E-state index in [1.807, 2.05) is 11.9 Å². The van der Waals surface area contributed by atoms with Crippen LogP contribution in [-0.4, -0.2) is 70.6 Å². The Labute approximate surface area is 136 Å². The fourth-order valence-electron chi connectivity index (χ4n) is 2.46. The fraction of sp³-hybridized carbons (Fsp3) is 0.933. The lowest BCUT2D eigenvalue weighted by molar-refractivity contribution is -0.173. The van der Waals surface area contributed by atoms with E-state index in [9.17, 15) is 13.2 Å². The van der Waals surface area contributed by atoms with Crippen LogP contribution in [0.25, 0.3) is 0 Å². The van der Waals surface area contributed by atoms with Gasteiger partial charge in [-0.1, -0.05) is 0 Å². The molecule has 0 amide bonds. The van der Waals surface area contributed by atoms with Crippen molar-refractivity contribution in [3.63, 3.8) is 0 Å². The second-order valence-corrected chi connectivity index (χ2v) is 5.76. The summed E-state index contributed by atoms with van der Waals surface area (Å²) in [7, 11) is 3.67. The van der Waals surface area contributed by atoms with Crippen LogP contribution < -0.4 is 5.32 Å². The molecular formula is C15H28F3N3O2. The molecule has 0 bridgehead atoms. The number of hydrogen-bond acceptors (Lipinski definition) is 3. The Morgan fingerprint density at radius 1 is 1.35 bits per heavy atom. The molecule has 0 aromatic rings. The van der Waals surface area contributed by atoms with Crippen LogP contribution in [0.15, 0.2) is 4.99 Å². The third-order valence-corrected chi connectivity index (χ3v) is 3.80. The summed E-state index contributed by atoms with van der Waals surface area (Å²) in [5, 5.41) is 3.14. The third kappa shape index (κ3) is 9.65. The lowest BCUT2D eigenvalue weighted by atomic mass is 9.96. The highest BCUT2D eigenvalue weighted by atomic mass is 19.4. The van der Waals surface area contributed by atoms with E-state index >= 15 is 0 Å². The summed E-state index contributed by atoms with van der Waals surface area (Å²) >= 11 is 0. The summed E-state index contributed by atoms with van der Waals surface area (Å²) in [6, 6.07) is 0. The van der Waals surface area contributed by atoms with E-state index < -0.39 is 12.8 Å². The van der Waals surface area contributed by atoms with Gasteiger partial charge in [0.2, 0.25) is 0 Å². The zero-order valence-electron chi connectivity index (χ0n) is 14.0. The standard InChI is InChI=1S/C15H28F3N3O2/c1-19-14(20-7-3-9-23-12-15(16,17)18)21(2)8-4-13-5-10-22-11-6-13/h13H,3-12H2,1-2H3,(H,19,20). The molecule has 136 valence electrons. The molecule has 8 heteroatoms. The first-order valence-electron chi connectivity index (χ1n) is 8.06. The van der Waals surface area contributed by atoms with Crippen molar-refractivity contribution in [1.29, 1.82) is 0 Å². The zero-order valence-corrected chi connectivity index (χ0v) is 14.0. The first-order chi connectivity index (χ1) is 10.9. The van der Waals surface area contributed by atoms with Gasteiger partial charge in [-0.15, -0.1) is 0 Å². The van der Waals surface area contributed by atoms with Crippen LogP contribution in [0.2, 0.25) is 0 Å². The highest BCUT2D eigenvalue weighted by Crippen LogP contribution is 2.18. The Morgan fingerprint density at radius 3 is 2.65 bits per heavy atom. The van der Waals surface area contributed by atoms with Crippen molar-refractivity contribution >= 4 is 5.96 Å². The predicted molar refractivity (Wildman–Crippen MR) is 83.6 cm³/mol. The average molecular weight is 339 g/mol. The molecule has 1 saturated heterocycles. The van der Waals surface area contributed by atoms with Crippen molar-refractivity contribution in [2.45, 2.75) is 31.9 Å². The number of aliphatic imine (C=N–C) groups is 1. The van der Waals surface area contributed by atoms with Gasteiger partial charge in [0.05, 0.1) is 0 Å². The van der Waals surface area contributed by atoms with Crippen molar-refractivity contribution in [2.24, 2.45) is 10.9 Å². The molecule has 1 aliphatic rings. The highest BCUT2D eigenvalue weighted by Gasteiger charge is 2.27. The summed E-state index contributed by atoms with van der Waals surface area (Å²) < 4.78 is 45.7. The quantitative estimate of drug-likeness (QED) is 0.419. The summed E-state index contributed by atoms with van der Waals surface area (Å²) in [5.41, 5.74) is 0. The summed E-state index contributed by atoms with van der Waals surface area (Å²) in [6.45, 7) is 2.02. The Hall–Kier alpha value is -1.02. The molecule has 1 aliphatic heterocycles. The van der Waals surface area contributed by atoms with Crippen LogP contribution in [0.5, 0.6) is 0 Å². The van der Waals surface area contributed by atoms with E-state index in [2.05, 4.69) is 15.0 Å². The Balaban J connectivity index is 2.12. The minimum atomic E-state index is -4.26. The van der Waals surface area contributed by atoms with E-state index in [0.717, 1.165) is 45.0 Å². The van der Waals surface area contributed by atoms with E-state index in [-0.39, 0.29) is 6.61 Å². The van der Waals surface area contributed by atoms with Crippen LogP contribution in [0, 0.1) is 5.92 Å². The monoisotopic (exact) mass is 339 g/mol. The van der Waals surface area contributed by atoms with Crippen molar-refractivity contribution in [3.05, 3.63) is 0 Å². The first-order valence-corrected chi connectivity index (χ1v) is 8.06. The minimum absolute atomic E-state index is 0.0787. The molecule has 0 saturated carbocycles. The Bertz CT molecular complexity index is 345. The number of nitrogens with one attached hydrogen (secondary N) is 1. The van der Waals surface area contributed by atoms with Gasteiger partial charge in [0.15, 0.2) is 5.96 Å². The molecule has 1 fully saturated rings. The molecule has 0 unspecified atom stereocenters. The number of ether oxygens (including phenoxy) is 2. The van der Waals surface area contributed by atoms with E-state index in [0.29, 0.717) is 18.9 Å². The minimum Gasteiger partial charge on any atom is -0.381 e. The van der Waals surface area contributed by atoms with Gasteiger partial charge in [-0.2, -0.15) is 13.2 Å². The normalized spacial score (nSPS) is 17.3. The van der Waals surface area contributed by atoms with Crippen molar-refractivity contribution in [2.75, 3.05) is 53.6 Å². The predicted octanol–water partition coefficient (Wildman–Crippen LogP) is 2.28. The zero-order chi connectivity index (χ0) is 17.1. The fourth-order valence-corrected chi connectivity index (χ4v) is 2.46. The van der Waals surface area contributed by atoms with E-state index in [1.165, 1.54) is 0 Å².